The number of carbonyl (C=O) groups excluding carboxylic acids is 1. The Morgan fingerprint density at radius 2 is 1.95 bits per heavy atom. The summed E-state index contributed by atoms with van der Waals surface area (Å²) in [6.45, 7) is -0.106. The lowest BCUT2D eigenvalue weighted by Gasteiger charge is -2.21. The van der Waals surface area contributed by atoms with Gasteiger partial charge in [0.2, 0.25) is 0 Å². The molecule has 0 atom stereocenters. The Labute approximate surface area is 114 Å². The van der Waals surface area contributed by atoms with Crippen LogP contribution in [0.4, 0.5) is 5.69 Å². The van der Waals surface area contributed by atoms with Gasteiger partial charge in [-0.15, -0.1) is 0 Å². The van der Waals surface area contributed by atoms with Crippen molar-refractivity contribution in [1.82, 2.24) is 9.97 Å². The highest BCUT2D eigenvalue weighted by atomic mass is 16.4. The summed E-state index contributed by atoms with van der Waals surface area (Å²) < 4.78 is 0. The third kappa shape index (κ3) is 2.83. The molecule has 3 N–H and O–H groups in total. The molecule has 0 fully saturated rings. The molecule has 1 heterocycles. The largest absolute Gasteiger partial charge is 0.478 e. The van der Waals surface area contributed by atoms with Crippen LogP contribution >= 0.6 is 0 Å². The van der Waals surface area contributed by atoms with Crippen molar-refractivity contribution >= 4 is 17.6 Å². The van der Waals surface area contributed by atoms with Gasteiger partial charge in [0.25, 0.3) is 5.91 Å². The number of aromatic nitrogens is 2. The molecule has 2 rings (SSSR count). The van der Waals surface area contributed by atoms with Gasteiger partial charge < -0.3 is 20.1 Å². The first-order valence-electron chi connectivity index (χ1n) is 5.88. The molecule has 1 amide bonds. The summed E-state index contributed by atoms with van der Waals surface area (Å²) in [7, 11) is 0. The molecule has 0 unspecified atom stereocenters. The second-order valence-corrected chi connectivity index (χ2v) is 4.00. The summed E-state index contributed by atoms with van der Waals surface area (Å²) in [6, 6.07) is 5.85. The normalized spacial score (nSPS) is 10.2. The smallest absolute Gasteiger partial charge is 0.335 e. The number of rotatable bonds is 5. The third-order valence-corrected chi connectivity index (χ3v) is 2.72. The van der Waals surface area contributed by atoms with Crippen molar-refractivity contribution in [3.63, 3.8) is 0 Å². The van der Waals surface area contributed by atoms with Gasteiger partial charge in [0, 0.05) is 12.2 Å². The standard InChI is InChI=1S/C13H13N3O4/c17-6-5-16(12(18)11-7-14-8-15-11)10-3-1-9(2-4-10)13(19)20/h1-4,7-8,17H,5-6H2,(H,14,15)(H,19,20). The molecular formula is C13H13N3O4. The van der Waals surface area contributed by atoms with E-state index >= 15 is 0 Å². The minimum Gasteiger partial charge on any atom is -0.478 e. The zero-order valence-corrected chi connectivity index (χ0v) is 10.5. The highest BCUT2D eigenvalue weighted by Gasteiger charge is 2.18. The Morgan fingerprint density at radius 1 is 1.25 bits per heavy atom. The van der Waals surface area contributed by atoms with E-state index in [0.29, 0.717) is 11.4 Å². The Bertz CT molecular complexity index is 593. The number of nitrogens with one attached hydrogen (secondary N) is 1. The number of carboxylic acid groups (broad SMARTS) is 1. The monoisotopic (exact) mass is 275 g/mol. The molecule has 0 saturated heterocycles. The van der Waals surface area contributed by atoms with Gasteiger partial charge in [-0.1, -0.05) is 0 Å². The molecule has 0 radical (unpaired) electrons. The minimum atomic E-state index is -1.04. The predicted molar refractivity (Wildman–Crippen MR) is 70.8 cm³/mol. The van der Waals surface area contributed by atoms with E-state index in [-0.39, 0.29) is 24.6 Å². The maximum atomic E-state index is 12.2. The molecule has 7 heteroatoms. The van der Waals surface area contributed by atoms with Gasteiger partial charge in [0.05, 0.1) is 24.7 Å². The molecular weight excluding hydrogens is 262 g/mol. The van der Waals surface area contributed by atoms with Crippen molar-refractivity contribution in [2.24, 2.45) is 0 Å². The van der Waals surface area contributed by atoms with E-state index in [1.165, 1.54) is 41.7 Å². The van der Waals surface area contributed by atoms with Gasteiger partial charge >= 0.3 is 5.97 Å². The first-order chi connectivity index (χ1) is 9.63. The molecule has 104 valence electrons. The van der Waals surface area contributed by atoms with E-state index in [1.807, 2.05) is 0 Å². The van der Waals surface area contributed by atoms with E-state index < -0.39 is 5.97 Å². The highest BCUT2D eigenvalue weighted by Crippen LogP contribution is 2.17. The van der Waals surface area contributed by atoms with E-state index in [4.69, 9.17) is 10.2 Å². The Balaban J connectivity index is 2.28. The number of amides is 1. The average Bonchev–Trinajstić information content (AvgIpc) is 2.98. The molecule has 1 aromatic heterocycles. The first-order valence-corrected chi connectivity index (χ1v) is 5.88. The van der Waals surface area contributed by atoms with Gasteiger partial charge in [-0.25, -0.2) is 9.78 Å². The number of aromatic amines is 1. The van der Waals surface area contributed by atoms with Gasteiger partial charge in [-0.05, 0) is 24.3 Å². The number of H-pyrrole nitrogens is 1. The average molecular weight is 275 g/mol. The van der Waals surface area contributed by atoms with Gasteiger partial charge in [-0.2, -0.15) is 0 Å². The molecule has 1 aromatic carbocycles. The maximum Gasteiger partial charge on any atom is 0.335 e. The second-order valence-electron chi connectivity index (χ2n) is 4.00. The summed E-state index contributed by atoms with van der Waals surface area (Å²) in [5, 5.41) is 17.9. The van der Waals surface area contributed by atoms with Crippen molar-refractivity contribution in [2.45, 2.75) is 0 Å². The van der Waals surface area contributed by atoms with Crippen molar-refractivity contribution in [1.29, 1.82) is 0 Å². The van der Waals surface area contributed by atoms with Crippen LogP contribution in [-0.2, 0) is 0 Å². The summed E-state index contributed by atoms with van der Waals surface area (Å²) in [6.07, 6.45) is 2.77. The fraction of sp³-hybridized carbons (Fsp3) is 0.154. The quantitative estimate of drug-likeness (QED) is 0.746. The van der Waals surface area contributed by atoms with E-state index in [2.05, 4.69) is 9.97 Å². The summed E-state index contributed by atoms with van der Waals surface area (Å²) in [5.41, 5.74) is 0.927. The molecule has 0 aliphatic heterocycles. The van der Waals surface area contributed by atoms with Crippen molar-refractivity contribution < 1.29 is 19.8 Å². The summed E-state index contributed by atoms with van der Waals surface area (Å²) >= 11 is 0. The molecule has 2 aromatic rings. The van der Waals surface area contributed by atoms with E-state index in [0.717, 1.165) is 0 Å². The van der Waals surface area contributed by atoms with Crippen LogP contribution in [0.3, 0.4) is 0 Å². The fourth-order valence-electron chi connectivity index (χ4n) is 1.75. The number of carbonyl (C=O) groups is 2. The number of carboxylic acids is 1. The van der Waals surface area contributed by atoms with Crippen molar-refractivity contribution in [2.75, 3.05) is 18.1 Å². The zero-order valence-electron chi connectivity index (χ0n) is 10.5. The SMILES string of the molecule is O=C(O)c1ccc(N(CCO)C(=O)c2cnc[nH]2)cc1. The Kier molecular flexibility index (Phi) is 4.11. The number of hydrogen-bond acceptors (Lipinski definition) is 4. The van der Waals surface area contributed by atoms with Gasteiger partial charge in [-0.3, -0.25) is 4.79 Å². The fourth-order valence-corrected chi connectivity index (χ4v) is 1.75. The lowest BCUT2D eigenvalue weighted by molar-refractivity contribution is 0.0696. The van der Waals surface area contributed by atoms with Crippen LogP contribution in [-0.4, -0.2) is 45.2 Å². The summed E-state index contributed by atoms with van der Waals surface area (Å²) in [4.78, 5) is 30.9. The molecule has 0 saturated carbocycles. The minimum absolute atomic E-state index is 0.101. The lowest BCUT2D eigenvalue weighted by Crippen LogP contribution is -2.33. The first kappa shape index (κ1) is 13.8. The number of aliphatic hydroxyl groups excluding tert-OH is 1. The van der Waals surface area contributed by atoms with Crippen LogP contribution in [0.1, 0.15) is 20.8 Å². The van der Waals surface area contributed by atoms with Crippen LogP contribution in [0.5, 0.6) is 0 Å². The highest BCUT2D eigenvalue weighted by molar-refractivity contribution is 6.04. The Morgan fingerprint density at radius 3 is 2.45 bits per heavy atom. The number of aromatic carboxylic acids is 1. The number of imidazole rings is 1. The van der Waals surface area contributed by atoms with E-state index in [1.54, 1.807) is 0 Å². The zero-order chi connectivity index (χ0) is 14.5. The number of anilines is 1. The number of nitrogens with zero attached hydrogens (tertiary/aromatic N) is 2. The van der Waals surface area contributed by atoms with Crippen LogP contribution in [0.15, 0.2) is 36.8 Å². The third-order valence-electron chi connectivity index (χ3n) is 2.72. The van der Waals surface area contributed by atoms with Crippen LogP contribution in [0.2, 0.25) is 0 Å². The lowest BCUT2D eigenvalue weighted by atomic mass is 10.2. The molecule has 20 heavy (non-hydrogen) atoms. The number of aliphatic hydroxyl groups is 1. The van der Waals surface area contributed by atoms with Crippen molar-refractivity contribution in [3.05, 3.63) is 48.0 Å². The molecule has 0 aliphatic carbocycles. The molecule has 0 aliphatic rings. The van der Waals surface area contributed by atoms with Crippen LogP contribution in [0.25, 0.3) is 0 Å². The molecule has 0 bridgehead atoms. The Hall–Kier alpha value is -2.67. The number of hydrogen-bond donors (Lipinski definition) is 3. The van der Waals surface area contributed by atoms with E-state index in [9.17, 15) is 9.59 Å². The van der Waals surface area contributed by atoms with Gasteiger partial charge in [0.1, 0.15) is 5.69 Å². The van der Waals surface area contributed by atoms with Crippen LogP contribution in [0, 0.1) is 0 Å². The molecule has 0 spiro atoms. The molecule has 7 nitrogen and oxygen atoms in total. The van der Waals surface area contributed by atoms with Gasteiger partial charge in [0.15, 0.2) is 0 Å². The predicted octanol–water partition coefficient (Wildman–Crippen LogP) is 0.747. The topological polar surface area (TPSA) is 107 Å². The van der Waals surface area contributed by atoms with Crippen molar-refractivity contribution in [3.8, 4) is 0 Å². The summed E-state index contributed by atoms with van der Waals surface area (Å²) in [5.74, 6) is -1.38. The maximum absolute atomic E-state index is 12.2. The number of benzene rings is 1. The second kappa shape index (κ2) is 5.98. The van der Waals surface area contributed by atoms with Crippen LogP contribution < -0.4 is 4.90 Å².